The summed E-state index contributed by atoms with van der Waals surface area (Å²) < 4.78 is 1.02. The van der Waals surface area contributed by atoms with Crippen LogP contribution in [0.5, 0.6) is 0 Å². The molecule has 5 heteroatoms. The van der Waals surface area contributed by atoms with Crippen LogP contribution in [-0.2, 0) is 4.79 Å². The first-order valence-electron chi connectivity index (χ1n) is 5.01. The first kappa shape index (κ1) is 11.7. The molecule has 84 valence electrons. The lowest BCUT2D eigenvalue weighted by Gasteiger charge is -1.97. The summed E-state index contributed by atoms with van der Waals surface area (Å²) >= 11 is 4.86. The largest absolute Gasteiger partial charge is 0.304 e. The molecule has 1 aromatic carbocycles. The van der Waals surface area contributed by atoms with Crippen molar-refractivity contribution >= 4 is 44.5 Å². The van der Waals surface area contributed by atoms with E-state index in [9.17, 15) is 4.79 Å². The molecule has 16 heavy (non-hydrogen) atoms. The van der Waals surface area contributed by atoms with Gasteiger partial charge in [-0.2, -0.15) is 0 Å². The van der Waals surface area contributed by atoms with Crippen molar-refractivity contribution in [1.29, 1.82) is 0 Å². The minimum atomic E-state index is 0.00852. The molecule has 0 radical (unpaired) electrons. The number of hydrogen-bond donors (Lipinski definition) is 1. The van der Waals surface area contributed by atoms with Crippen molar-refractivity contribution in [3.8, 4) is 0 Å². The number of nitrogens with zero attached hydrogens (tertiary/aromatic N) is 1. The first-order valence-corrected chi connectivity index (χ1v) is 6.68. The highest BCUT2D eigenvalue weighted by Gasteiger charge is 2.28. The van der Waals surface area contributed by atoms with E-state index in [0.717, 1.165) is 16.6 Å². The Morgan fingerprint density at radius 3 is 2.69 bits per heavy atom. The summed E-state index contributed by atoms with van der Waals surface area (Å²) in [5.74, 6) is 0.0587. The van der Waals surface area contributed by atoms with Crippen molar-refractivity contribution in [2.24, 2.45) is 4.99 Å². The SMILES string of the molecule is CC[C@H]1SC(=Nc2ccc(Br)cc2)NC1=O. The normalized spacial score (nSPS) is 22.5. The monoisotopic (exact) mass is 298 g/mol. The third-order valence-corrected chi connectivity index (χ3v) is 3.98. The molecule has 1 aromatic rings. The first-order chi connectivity index (χ1) is 7.69. The molecule has 1 heterocycles. The van der Waals surface area contributed by atoms with E-state index in [4.69, 9.17) is 0 Å². The Hall–Kier alpha value is -0.810. The highest BCUT2D eigenvalue weighted by molar-refractivity contribution is 9.10. The maximum absolute atomic E-state index is 11.4. The van der Waals surface area contributed by atoms with Gasteiger partial charge in [-0.1, -0.05) is 34.6 Å². The van der Waals surface area contributed by atoms with Crippen LogP contribution in [0.2, 0.25) is 0 Å². The van der Waals surface area contributed by atoms with Gasteiger partial charge < -0.3 is 5.32 Å². The van der Waals surface area contributed by atoms with Crippen LogP contribution in [0.1, 0.15) is 13.3 Å². The molecule has 0 aliphatic carbocycles. The number of hydrogen-bond acceptors (Lipinski definition) is 3. The lowest BCUT2D eigenvalue weighted by molar-refractivity contribution is -0.118. The van der Waals surface area contributed by atoms with E-state index in [0.29, 0.717) is 5.17 Å². The molecule has 1 amide bonds. The number of halogens is 1. The van der Waals surface area contributed by atoms with Gasteiger partial charge in [0.2, 0.25) is 5.91 Å². The van der Waals surface area contributed by atoms with Crippen LogP contribution in [0.3, 0.4) is 0 Å². The fourth-order valence-corrected chi connectivity index (χ4v) is 2.54. The highest BCUT2D eigenvalue weighted by atomic mass is 79.9. The van der Waals surface area contributed by atoms with Gasteiger partial charge in [0.1, 0.15) is 0 Å². The number of aliphatic imine (C=N–C) groups is 1. The van der Waals surface area contributed by atoms with Gasteiger partial charge in [0.15, 0.2) is 5.17 Å². The molecular formula is C11H11BrN2OS. The topological polar surface area (TPSA) is 41.5 Å². The summed E-state index contributed by atoms with van der Waals surface area (Å²) in [6.45, 7) is 2.00. The van der Waals surface area contributed by atoms with E-state index in [-0.39, 0.29) is 11.2 Å². The zero-order chi connectivity index (χ0) is 11.5. The van der Waals surface area contributed by atoms with Crippen LogP contribution in [0, 0.1) is 0 Å². The van der Waals surface area contributed by atoms with Crippen molar-refractivity contribution in [3.05, 3.63) is 28.7 Å². The third-order valence-electron chi connectivity index (χ3n) is 2.20. The van der Waals surface area contributed by atoms with Crippen molar-refractivity contribution in [3.63, 3.8) is 0 Å². The molecule has 0 aromatic heterocycles. The van der Waals surface area contributed by atoms with Crippen molar-refractivity contribution in [2.45, 2.75) is 18.6 Å². The third kappa shape index (κ3) is 2.65. The zero-order valence-electron chi connectivity index (χ0n) is 8.74. The molecule has 1 aliphatic rings. The molecule has 1 atom stereocenters. The van der Waals surface area contributed by atoms with E-state index in [1.165, 1.54) is 11.8 Å². The lowest BCUT2D eigenvalue weighted by Crippen LogP contribution is -2.24. The van der Waals surface area contributed by atoms with E-state index < -0.39 is 0 Å². The van der Waals surface area contributed by atoms with Crippen LogP contribution in [0.15, 0.2) is 33.7 Å². The smallest absolute Gasteiger partial charge is 0.239 e. The van der Waals surface area contributed by atoms with E-state index in [2.05, 4.69) is 26.2 Å². The second-order valence-electron chi connectivity index (χ2n) is 3.40. The Bertz CT molecular complexity index is 430. The van der Waals surface area contributed by atoms with Gasteiger partial charge in [-0.25, -0.2) is 4.99 Å². The molecule has 3 nitrogen and oxygen atoms in total. The Labute approximate surface area is 107 Å². The lowest BCUT2D eigenvalue weighted by atomic mass is 10.3. The second kappa shape index (κ2) is 5.01. The summed E-state index contributed by atoms with van der Waals surface area (Å²) in [5, 5.41) is 3.48. The number of benzene rings is 1. The minimum absolute atomic E-state index is 0.00852. The maximum atomic E-state index is 11.4. The van der Waals surface area contributed by atoms with Crippen LogP contribution in [0.25, 0.3) is 0 Å². The average molecular weight is 299 g/mol. The number of nitrogens with one attached hydrogen (secondary N) is 1. The average Bonchev–Trinajstić information content (AvgIpc) is 2.62. The fourth-order valence-electron chi connectivity index (χ4n) is 1.36. The maximum Gasteiger partial charge on any atom is 0.239 e. The van der Waals surface area contributed by atoms with Gasteiger partial charge in [0.25, 0.3) is 0 Å². The van der Waals surface area contributed by atoms with Crippen molar-refractivity contribution in [1.82, 2.24) is 5.32 Å². The number of rotatable bonds is 2. The standard InChI is InChI=1S/C11H11BrN2OS/c1-2-9-10(15)14-11(16-9)13-8-5-3-7(12)4-6-8/h3-6,9H,2H2,1H3,(H,13,14,15)/t9-/m1/s1. The van der Waals surface area contributed by atoms with Crippen molar-refractivity contribution in [2.75, 3.05) is 0 Å². The van der Waals surface area contributed by atoms with E-state index in [1.54, 1.807) is 0 Å². The predicted molar refractivity (Wildman–Crippen MR) is 71.0 cm³/mol. The minimum Gasteiger partial charge on any atom is -0.304 e. The molecule has 0 bridgehead atoms. The Balaban J connectivity index is 2.14. The van der Waals surface area contributed by atoms with Crippen LogP contribution in [0.4, 0.5) is 5.69 Å². The molecule has 1 saturated heterocycles. The summed E-state index contributed by atoms with van der Waals surface area (Å²) in [5.41, 5.74) is 0.850. The number of carbonyl (C=O) groups excluding carboxylic acids is 1. The van der Waals surface area contributed by atoms with Crippen LogP contribution in [-0.4, -0.2) is 16.3 Å². The Kier molecular flexibility index (Phi) is 3.66. The fraction of sp³-hybridized carbons (Fsp3) is 0.273. The summed E-state index contributed by atoms with van der Waals surface area (Å²) in [6, 6.07) is 7.67. The van der Waals surface area contributed by atoms with Crippen LogP contribution >= 0.6 is 27.7 Å². The molecule has 1 N–H and O–H groups in total. The van der Waals surface area contributed by atoms with E-state index in [1.807, 2.05) is 31.2 Å². The van der Waals surface area contributed by atoms with E-state index >= 15 is 0 Å². The van der Waals surface area contributed by atoms with Gasteiger partial charge in [-0.05, 0) is 30.7 Å². The van der Waals surface area contributed by atoms with Gasteiger partial charge in [-0.15, -0.1) is 0 Å². The molecule has 0 unspecified atom stereocenters. The predicted octanol–water partition coefficient (Wildman–Crippen LogP) is 3.08. The summed E-state index contributed by atoms with van der Waals surface area (Å²) in [4.78, 5) is 15.8. The molecule has 0 saturated carbocycles. The Morgan fingerprint density at radius 1 is 1.44 bits per heavy atom. The molecule has 1 fully saturated rings. The van der Waals surface area contributed by atoms with Gasteiger partial charge in [0.05, 0.1) is 10.9 Å². The van der Waals surface area contributed by atoms with Crippen molar-refractivity contribution < 1.29 is 4.79 Å². The number of thioether (sulfide) groups is 1. The Morgan fingerprint density at radius 2 is 2.12 bits per heavy atom. The molecular weight excluding hydrogens is 288 g/mol. The highest BCUT2D eigenvalue weighted by Crippen LogP contribution is 2.25. The second-order valence-corrected chi connectivity index (χ2v) is 5.50. The summed E-state index contributed by atoms with van der Waals surface area (Å²) in [6.07, 6.45) is 0.829. The molecule has 0 spiro atoms. The van der Waals surface area contributed by atoms with Gasteiger partial charge in [0, 0.05) is 4.47 Å². The number of carbonyl (C=O) groups is 1. The zero-order valence-corrected chi connectivity index (χ0v) is 11.1. The quantitative estimate of drug-likeness (QED) is 0.912. The van der Waals surface area contributed by atoms with Gasteiger partial charge >= 0.3 is 0 Å². The summed E-state index contributed by atoms with van der Waals surface area (Å²) in [7, 11) is 0. The number of amides is 1. The van der Waals surface area contributed by atoms with Crippen LogP contribution < -0.4 is 5.32 Å². The molecule has 1 aliphatic heterocycles. The molecule has 2 rings (SSSR count). The van der Waals surface area contributed by atoms with Gasteiger partial charge in [-0.3, -0.25) is 4.79 Å². The number of amidine groups is 1.